The quantitative estimate of drug-likeness (QED) is 0.930. The van der Waals surface area contributed by atoms with Crippen molar-refractivity contribution in [2.24, 2.45) is 5.92 Å². The van der Waals surface area contributed by atoms with Crippen LogP contribution in [0.1, 0.15) is 33.0 Å². The number of aromatic nitrogens is 1. The van der Waals surface area contributed by atoms with Gasteiger partial charge in [-0.1, -0.05) is 6.07 Å². The normalized spacial score (nSPS) is 28.7. The summed E-state index contributed by atoms with van der Waals surface area (Å²) in [4.78, 5) is 21.5. The van der Waals surface area contributed by atoms with Gasteiger partial charge in [-0.25, -0.2) is 0 Å². The first kappa shape index (κ1) is 15.8. The molecular formula is C19H23N3OS. The molecule has 3 saturated heterocycles. The second-order valence-corrected chi connectivity index (χ2v) is 8.20. The van der Waals surface area contributed by atoms with Gasteiger partial charge >= 0.3 is 0 Å². The number of fused-ring (bicyclic) bond motifs is 3. The van der Waals surface area contributed by atoms with Crippen LogP contribution in [0, 0.1) is 12.8 Å². The van der Waals surface area contributed by atoms with E-state index < -0.39 is 0 Å². The third-order valence-electron chi connectivity index (χ3n) is 5.40. The third-order valence-corrected chi connectivity index (χ3v) is 6.39. The monoisotopic (exact) mass is 341 g/mol. The van der Waals surface area contributed by atoms with Crippen molar-refractivity contribution in [3.63, 3.8) is 0 Å². The highest BCUT2D eigenvalue weighted by Gasteiger charge is 2.42. The molecule has 3 aliphatic heterocycles. The fourth-order valence-electron chi connectivity index (χ4n) is 4.16. The number of carbonyl (C=O) groups is 1. The molecule has 1 N–H and O–H groups in total. The van der Waals surface area contributed by atoms with Crippen molar-refractivity contribution in [2.45, 2.75) is 38.3 Å². The Morgan fingerprint density at radius 3 is 2.83 bits per heavy atom. The summed E-state index contributed by atoms with van der Waals surface area (Å²) >= 11 is 1.57. The molecule has 4 nitrogen and oxygen atoms in total. The summed E-state index contributed by atoms with van der Waals surface area (Å²) in [6, 6.07) is 8.70. The number of carbonyl (C=O) groups excluding carboxylic acids is 1. The first-order chi connectivity index (χ1) is 11.7. The van der Waals surface area contributed by atoms with E-state index in [0.717, 1.165) is 24.4 Å². The van der Waals surface area contributed by atoms with Gasteiger partial charge in [-0.15, -0.1) is 11.3 Å². The van der Waals surface area contributed by atoms with E-state index >= 15 is 0 Å². The van der Waals surface area contributed by atoms with Crippen molar-refractivity contribution < 1.29 is 4.79 Å². The van der Waals surface area contributed by atoms with E-state index in [1.165, 1.54) is 23.3 Å². The number of piperidine rings is 3. The minimum atomic E-state index is 0.0861. The van der Waals surface area contributed by atoms with Crippen LogP contribution in [0.15, 0.2) is 36.7 Å². The molecule has 0 unspecified atom stereocenters. The van der Waals surface area contributed by atoms with E-state index in [0.29, 0.717) is 12.0 Å². The van der Waals surface area contributed by atoms with E-state index in [1.54, 1.807) is 11.3 Å². The Kier molecular flexibility index (Phi) is 4.37. The van der Waals surface area contributed by atoms with E-state index in [2.05, 4.69) is 21.3 Å². The molecule has 0 saturated carbocycles. The van der Waals surface area contributed by atoms with Crippen molar-refractivity contribution in [3.8, 4) is 0 Å². The third kappa shape index (κ3) is 3.10. The minimum absolute atomic E-state index is 0.0861. The number of nitrogens with zero attached hydrogens (tertiary/aromatic N) is 2. The SMILES string of the molecule is Cc1ccc(C(=O)N[C@H]2C3CCN(CC3)[C@H]2Cc2cccnc2)s1. The molecule has 1 amide bonds. The van der Waals surface area contributed by atoms with Gasteiger partial charge in [0.2, 0.25) is 0 Å². The maximum atomic E-state index is 12.7. The Balaban J connectivity index is 1.53. The maximum absolute atomic E-state index is 12.7. The number of aryl methyl sites for hydroxylation is 1. The topological polar surface area (TPSA) is 45.2 Å². The molecular weight excluding hydrogens is 318 g/mol. The van der Waals surface area contributed by atoms with E-state index in [-0.39, 0.29) is 11.9 Å². The largest absolute Gasteiger partial charge is 0.347 e. The Bertz CT molecular complexity index is 706. The minimum Gasteiger partial charge on any atom is -0.347 e. The standard InChI is InChI=1S/C19H23N3OS/c1-13-4-5-17(24-13)19(23)21-18-15-6-9-22(10-7-15)16(18)11-14-3-2-8-20-12-14/h2-5,8,12,15-16,18H,6-7,9-11H2,1H3,(H,21,23)/t16-,18-/m0/s1. The predicted octanol–water partition coefficient (Wildman–Crippen LogP) is 2.89. The molecule has 3 fully saturated rings. The van der Waals surface area contributed by atoms with Gasteiger partial charge in [0, 0.05) is 29.4 Å². The smallest absolute Gasteiger partial charge is 0.261 e. The summed E-state index contributed by atoms with van der Waals surface area (Å²) in [5.41, 5.74) is 1.25. The first-order valence-electron chi connectivity index (χ1n) is 8.71. The van der Waals surface area contributed by atoms with Gasteiger partial charge in [0.25, 0.3) is 5.91 Å². The van der Waals surface area contributed by atoms with Gasteiger partial charge in [0.05, 0.1) is 4.88 Å². The second kappa shape index (κ2) is 6.65. The van der Waals surface area contributed by atoms with Crippen LogP contribution >= 0.6 is 11.3 Å². The van der Waals surface area contributed by atoms with Crippen molar-refractivity contribution in [3.05, 3.63) is 52.0 Å². The summed E-state index contributed by atoms with van der Waals surface area (Å²) in [5, 5.41) is 3.36. The molecule has 5 heteroatoms. The molecule has 126 valence electrons. The van der Waals surface area contributed by atoms with Gasteiger partial charge in [-0.2, -0.15) is 0 Å². The fraction of sp³-hybridized carbons (Fsp3) is 0.474. The van der Waals surface area contributed by atoms with Crippen LogP contribution in [0.5, 0.6) is 0 Å². The zero-order valence-electron chi connectivity index (χ0n) is 13.9. The van der Waals surface area contributed by atoms with Crippen LogP contribution in [0.2, 0.25) is 0 Å². The molecule has 24 heavy (non-hydrogen) atoms. The van der Waals surface area contributed by atoms with Crippen LogP contribution in [0.3, 0.4) is 0 Å². The van der Waals surface area contributed by atoms with Gasteiger partial charge in [0.1, 0.15) is 0 Å². The molecule has 2 bridgehead atoms. The van der Waals surface area contributed by atoms with E-state index in [4.69, 9.17) is 0 Å². The number of hydrogen-bond donors (Lipinski definition) is 1. The number of nitrogens with one attached hydrogen (secondary N) is 1. The van der Waals surface area contributed by atoms with Crippen molar-refractivity contribution >= 4 is 17.2 Å². The Morgan fingerprint density at radius 2 is 2.17 bits per heavy atom. The zero-order chi connectivity index (χ0) is 16.5. The number of hydrogen-bond acceptors (Lipinski definition) is 4. The fourth-order valence-corrected chi connectivity index (χ4v) is 4.93. The lowest BCUT2D eigenvalue weighted by molar-refractivity contribution is 0.0137. The van der Waals surface area contributed by atoms with Crippen LogP contribution in [0.4, 0.5) is 0 Å². The molecule has 2 aromatic rings. The van der Waals surface area contributed by atoms with Gasteiger partial charge in [0.15, 0.2) is 0 Å². The molecule has 5 rings (SSSR count). The Hall–Kier alpha value is -1.72. The van der Waals surface area contributed by atoms with Crippen LogP contribution in [-0.4, -0.2) is 41.0 Å². The number of rotatable bonds is 4. The molecule has 3 aliphatic rings. The lowest BCUT2D eigenvalue weighted by Gasteiger charge is -2.51. The number of thiophene rings is 1. The maximum Gasteiger partial charge on any atom is 0.261 e. The van der Waals surface area contributed by atoms with Crippen molar-refractivity contribution in [1.82, 2.24) is 15.2 Å². The molecule has 0 aromatic carbocycles. The lowest BCUT2D eigenvalue weighted by Crippen LogP contribution is -2.64. The average Bonchev–Trinajstić information content (AvgIpc) is 3.05. The van der Waals surface area contributed by atoms with E-state index in [1.807, 2.05) is 37.5 Å². The Labute approximate surface area is 146 Å². The van der Waals surface area contributed by atoms with Gasteiger partial charge < -0.3 is 5.32 Å². The van der Waals surface area contributed by atoms with Crippen LogP contribution in [0.25, 0.3) is 0 Å². The molecule has 0 radical (unpaired) electrons. The second-order valence-electron chi connectivity index (χ2n) is 6.92. The number of amides is 1. The van der Waals surface area contributed by atoms with Crippen molar-refractivity contribution in [1.29, 1.82) is 0 Å². The number of pyridine rings is 1. The zero-order valence-corrected chi connectivity index (χ0v) is 14.8. The summed E-state index contributed by atoms with van der Waals surface area (Å²) < 4.78 is 0. The molecule has 2 aromatic heterocycles. The average molecular weight is 341 g/mol. The van der Waals surface area contributed by atoms with Crippen molar-refractivity contribution in [2.75, 3.05) is 13.1 Å². The molecule has 0 spiro atoms. The van der Waals surface area contributed by atoms with Crippen LogP contribution < -0.4 is 5.32 Å². The summed E-state index contributed by atoms with van der Waals surface area (Å²) in [5.74, 6) is 0.685. The van der Waals surface area contributed by atoms with E-state index in [9.17, 15) is 4.79 Å². The highest BCUT2D eigenvalue weighted by atomic mass is 32.1. The van der Waals surface area contributed by atoms with Gasteiger partial charge in [-0.3, -0.25) is 14.7 Å². The van der Waals surface area contributed by atoms with Crippen LogP contribution in [-0.2, 0) is 6.42 Å². The first-order valence-corrected chi connectivity index (χ1v) is 9.52. The summed E-state index contributed by atoms with van der Waals surface area (Å²) in [7, 11) is 0. The molecule has 5 heterocycles. The highest BCUT2D eigenvalue weighted by molar-refractivity contribution is 7.13. The van der Waals surface area contributed by atoms with Gasteiger partial charge in [-0.05, 0) is 69.0 Å². The summed E-state index contributed by atoms with van der Waals surface area (Å²) in [6.07, 6.45) is 7.11. The highest BCUT2D eigenvalue weighted by Crippen LogP contribution is 2.34. The molecule has 2 atom stereocenters. The molecule has 0 aliphatic carbocycles. The Morgan fingerprint density at radius 1 is 1.33 bits per heavy atom. The summed E-state index contributed by atoms with van der Waals surface area (Å²) in [6.45, 7) is 4.35. The predicted molar refractivity (Wildman–Crippen MR) is 96.3 cm³/mol. The lowest BCUT2D eigenvalue weighted by atomic mass is 9.77.